The summed E-state index contributed by atoms with van der Waals surface area (Å²) in [5.41, 5.74) is 1.26. The van der Waals surface area contributed by atoms with Crippen molar-refractivity contribution in [3.8, 4) is 0 Å². The molecule has 14 unspecified atom stereocenters. The number of carbonyl (C=O) groups is 1. The number of fused-ring (bicyclic) bond motifs is 23. The minimum Gasteiger partial charge on any atom is -0.466 e. The molecule has 32 heavy (non-hydrogen) atoms. The van der Waals surface area contributed by atoms with Crippen LogP contribution in [0.4, 0.5) is 0 Å². The minimum atomic E-state index is -0.347. The molecule has 8 rings (SSSR count). The van der Waals surface area contributed by atoms with Crippen molar-refractivity contribution in [1.29, 1.82) is 0 Å². The van der Waals surface area contributed by atoms with E-state index in [0.717, 1.165) is 18.4 Å². The van der Waals surface area contributed by atoms with Crippen molar-refractivity contribution in [3.05, 3.63) is 12.2 Å². The van der Waals surface area contributed by atoms with Gasteiger partial charge in [0.05, 0.1) is 7.11 Å². The second-order valence-corrected chi connectivity index (χ2v) is 13.1. The van der Waals surface area contributed by atoms with Crippen LogP contribution in [0.25, 0.3) is 0 Å². The lowest BCUT2D eigenvalue weighted by molar-refractivity contribution is -0.136. The zero-order valence-corrected chi connectivity index (χ0v) is 20.6. The van der Waals surface area contributed by atoms with Crippen LogP contribution < -0.4 is 0 Å². The molecule has 0 radical (unpaired) electrons. The highest BCUT2D eigenvalue weighted by Gasteiger charge is 2.78. The maximum Gasteiger partial charge on any atom is 0.332 e. The van der Waals surface area contributed by atoms with Crippen LogP contribution in [0.1, 0.15) is 65.2 Å². The summed E-state index contributed by atoms with van der Waals surface area (Å²) in [7, 11) is 2.33. The standard InChI is InChI=1S/C23H32.C5H8O2.CH4O/c1-23-13-5-4-12(7-13)22(23)16-9-17(23)21-15-8-14(20(16)21)18-10-2-3-11(6-10)19(15)18;1-4(2)5(6)7-3;1-2/h10-22H,2-9H2,1H3;1H2,2-3H3;2H,1H3. The third-order valence-corrected chi connectivity index (χ3v) is 12.9. The Morgan fingerprint density at radius 3 is 2.06 bits per heavy atom. The van der Waals surface area contributed by atoms with Crippen LogP contribution in [0.3, 0.4) is 0 Å². The number of aliphatic hydroxyl groups is 1. The lowest BCUT2D eigenvalue weighted by atomic mass is 9.50. The summed E-state index contributed by atoms with van der Waals surface area (Å²) in [6, 6.07) is 0. The highest BCUT2D eigenvalue weighted by atomic mass is 16.5. The first-order valence-corrected chi connectivity index (χ1v) is 13.6. The van der Waals surface area contributed by atoms with E-state index >= 15 is 0 Å². The van der Waals surface area contributed by atoms with E-state index in [1.165, 1.54) is 78.1 Å². The first-order chi connectivity index (χ1) is 15.4. The fraction of sp³-hybridized carbons (Fsp3) is 0.897. The third-order valence-electron chi connectivity index (χ3n) is 12.9. The monoisotopic (exact) mass is 440 g/mol. The Morgan fingerprint density at radius 2 is 1.47 bits per heavy atom. The second kappa shape index (κ2) is 7.33. The van der Waals surface area contributed by atoms with Gasteiger partial charge in [0.2, 0.25) is 0 Å². The smallest absolute Gasteiger partial charge is 0.332 e. The molecule has 14 atom stereocenters. The topological polar surface area (TPSA) is 46.5 Å². The van der Waals surface area contributed by atoms with Crippen LogP contribution in [0.5, 0.6) is 0 Å². The molecule has 8 aliphatic carbocycles. The summed E-state index contributed by atoms with van der Waals surface area (Å²) in [6.45, 7) is 7.77. The van der Waals surface area contributed by atoms with Gasteiger partial charge in [0.25, 0.3) is 0 Å². The van der Waals surface area contributed by atoms with E-state index in [4.69, 9.17) is 5.11 Å². The number of methoxy groups -OCH3 is 1. The Morgan fingerprint density at radius 1 is 0.844 bits per heavy atom. The molecule has 0 amide bonds. The van der Waals surface area contributed by atoms with Crippen molar-refractivity contribution >= 4 is 5.97 Å². The van der Waals surface area contributed by atoms with Crippen LogP contribution in [-0.2, 0) is 9.53 Å². The molecule has 3 heteroatoms. The fourth-order valence-electron chi connectivity index (χ4n) is 12.7. The predicted molar refractivity (Wildman–Crippen MR) is 125 cm³/mol. The van der Waals surface area contributed by atoms with E-state index in [-0.39, 0.29) is 5.97 Å². The second-order valence-electron chi connectivity index (χ2n) is 13.1. The number of ether oxygens (including phenoxy) is 1. The van der Waals surface area contributed by atoms with Gasteiger partial charge < -0.3 is 9.84 Å². The van der Waals surface area contributed by atoms with Gasteiger partial charge in [-0.2, -0.15) is 0 Å². The Bertz CT molecular complexity index is 804. The van der Waals surface area contributed by atoms with Gasteiger partial charge in [-0.1, -0.05) is 13.5 Å². The molecule has 8 aliphatic rings. The van der Waals surface area contributed by atoms with Crippen LogP contribution in [-0.4, -0.2) is 25.3 Å². The van der Waals surface area contributed by atoms with Crippen molar-refractivity contribution < 1.29 is 14.6 Å². The normalized spacial score (nSPS) is 57.8. The Balaban J connectivity index is 0.000000191. The maximum absolute atomic E-state index is 10.2. The van der Waals surface area contributed by atoms with Gasteiger partial charge in [-0.05, 0) is 141 Å². The van der Waals surface area contributed by atoms with E-state index < -0.39 is 0 Å². The van der Waals surface area contributed by atoms with E-state index in [2.05, 4.69) is 18.2 Å². The lowest BCUT2D eigenvalue weighted by Gasteiger charge is -2.54. The van der Waals surface area contributed by atoms with Gasteiger partial charge in [0.15, 0.2) is 0 Å². The zero-order valence-electron chi connectivity index (χ0n) is 20.6. The predicted octanol–water partition coefficient (Wildman–Crippen LogP) is 5.58. The summed E-state index contributed by atoms with van der Waals surface area (Å²) < 4.78 is 4.27. The van der Waals surface area contributed by atoms with Gasteiger partial charge in [-0.15, -0.1) is 0 Å². The van der Waals surface area contributed by atoms with Gasteiger partial charge in [0, 0.05) is 12.7 Å². The average molecular weight is 441 g/mol. The quantitative estimate of drug-likeness (QED) is 0.329. The number of rotatable bonds is 1. The number of aliphatic hydroxyl groups excluding tert-OH is 1. The molecule has 0 spiro atoms. The zero-order chi connectivity index (χ0) is 22.5. The summed E-state index contributed by atoms with van der Waals surface area (Å²) in [5, 5.41) is 7.00. The summed E-state index contributed by atoms with van der Waals surface area (Å²) in [4.78, 5) is 10.2. The number of carbonyl (C=O) groups excluding carboxylic acids is 1. The molecule has 3 nitrogen and oxygen atoms in total. The van der Waals surface area contributed by atoms with Crippen LogP contribution in [0.2, 0.25) is 0 Å². The van der Waals surface area contributed by atoms with Crippen molar-refractivity contribution in [1.82, 2.24) is 0 Å². The third kappa shape index (κ3) is 2.45. The first-order valence-electron chi connectivity index (χ1n) is 13.6. The van der Waals surface area contributed by atoms with Crippen LogP contribution >= 0.6 is 0 Å². The van der Waals surface area contributed by atoms with Crippen molar-refractivity contribution in [2.75, 3.05) is 14.2 Å². The molecule has 0 aromatic carbocycles. The van der Waals surface area contributed by atoms with Gasteiger partial charge >= 0.3 is 5.97 Å². The van der Waals surface area contributed by atoms with Crippen LogP contribution in [0, 0.1) is 82.3 Å². The molecule has 8 fully saturated rings. The number of hydrogen-bond donors (Lipinski definition) is 1. The van der Waals surface area contributed by atoms with Crippen molar-refractivity contribution in [2.24, 2.45) is 82.3 Å². The Hall–Kier alpha value is -0.830. The average Bonchev–Trinajstić information content (AvgIpc) is 3.63. The molecule has 0 aromatic rings. The molecule has 1 N–H and O–H groups in total. The SMILES string of the molecule is C=C(C)C(=O)OC.CC12C3CCC(C3)C1C1CC2C2C3CC(C4C5CCC(C5)C34)C12.CO. The largest absolute Gasteiger partial charge is 0.466 e. The molecule has 0 aliphatic heterocycles. The first kappa shape index (κ1) is 21.7. The molecule has 0 aromatic heterocycles. The number of esters is 1. The summed E-state index contributed by atoms with van der Waals surface area (Å²) in [6.07, 6.45) is 13.2. The lowest BCUT2D eigenvalue weighted by Crippen LogP contribution is -2.50. The van der Waals surface area contributed by atoms with Crippen LogP contribution in [0.15, 0.2) is 12.2 Å². The van der Waals surface area contributed by atoms with Gasteiger partial charge in [0.1, 0.15) is 0 Å². The molecule has 8 bridgehead atoms. The fourth-order valence-corrected chi connectivity index (χ4v) is 12.7. The summed E-state index contributed by atoms with van der Waals surface area (Å²) in [5.74, 6) is 15.4. The van der Waals surface area contributed by atoms with E-state index in [1.807, 2.05) is 0 Å². The maximum atomic E-state index is 10.2. The van der Waals surface area contributed by atoms with E-state index in [1.54, 1.807) is 58.3 Å². The minimum absolute atomic E-state index is 0.347. The molecule has 8 saturated carbocycles. The van der Waals surface area contributed by atoms with E-state index in [0.29, 0.717) is 5.57 Å². The summed E-state index contributed by atoms with van der Waals surface area (Å²) >= 11 is 0. The van der Waals surface area contributed by atoms with Crippen molar-refractivity contribution in [3.63, 3.8) is 0 Å². The van der Waals surface area contributed by atoms with E-state index in [9.17, 15) is 4.79 Å². The molecular formula is C29H44O3. The van der Waals surface area contributed by atoms with Crippen molar-refractivity contribution in [2.45, 2.75) is 65.2 Å². The highest BCUT2D eigenvalue weighted by Crippen LogP contribution is 2.84. The van der Waals surface area contributed by atoms with Gasteiger partial charge in [-0.25, -0.2) is 4.79 Å². The molecule has 0 heterocycles. The molecular weight excluding hydrogens is 396 g/mol. The molecule has 178 valence electrons. The Labute approximate surface area is 194 Å². The number of hydrogen-bond acceptors (Lipinski definition) is 3. The molecule has 0 saturated heterocycles. The Kier molecular flexibility index (Phi) is 4.97. The highest BCUT2D eigenvalue weighted by molar-refractivity contribution is 5.86. The van der Waals surface area contributed by atoms with Gasteiger partial charge in [-0.3, -0.25) is 0 Å².